The molecule has 7 heteroatoms. The highest BCUT2D eigenvalue weighted by molar-refractivity contribution is 5.98. The van der Waals surface area contributed by atoms with Crippen molar-refractivity contribution in [2.24, 2.45) is 5.73 Å². The number of pyridine rings is 3. The molecule has 4 N–H and O–H groups in total. The molecule has 0 aromatic carbocycles. The van der Waals surface area contributed by atoms with E-state index in [0.29, 0.717) is 28.9 Å². The summed E-state index contributed by atoms with van der Waals surface area (Å²) in [5, 5.41) is 7.44. The minimum Gasteiger partial charge on any atom is -0.382 e. The van der Waals surface area contributed by atoms with Crippen molar-refractivity contribution in [3.63, 3.8) is 0 Å². The Morgan fingerprint density at radius 2 is 2.04 bits per heavy atom. The van der Waals surface area contributed by atoms with E-state index in [4.69, 9.17) is 5.73 Å². The molecule has 0 radical (unpaired) electrons. The number of rotatable bonds is 5. The number of amides is 1. The van der Waals surface area contributed by atoms with Crippen LogP contribution >= 0.6 is 0 Å². The summed E-state index contributed by atoms with van der Waals surface area (Å²) in [7, 11) is 0. The average Bonchev–Trinajstić information content (AvgIpc) is 3.39. The van der Waals surface area contributed by atoms with Gasteiger partial charge in [-0.3, -0.25) is 9.78 Å². The topological polar surface area (TPSA) is 106 Å². The highest BCUT2D eigenvalue weighted by Crippen LogP contribution is 2.28. The molecule has 4 rings (SSSR count). The molecule has 1 saturated carbocycles. The number of nitrogens with two attached hydrogens (primary N) is 1. The quantitative estimate of drug-likeness (QED) is 0.667. The van der Waals surface area contributed by atoms with Crippen LogP contribution in [0.5, 0.6) is 0 Å². The second kappa shape index (κ2) is 5.77. The predicted octanol–water partition coefficient (Wildman–Crippen LogP) is 2.44. The number of hydrogen-bond donors (Lipinski definition) is 3. The third-order valence-corrected chi connectivity index (χ3v) is 3.85. The van der Waals surface area contributed by atoms with Gasteiger partial charge in [-0.25, -0.2) is 9.97 Å². The van der Waals surface area contributed by atoms with Gasteiger partial charge in [0, 0.05) is 36.1 Å². The van der Waals surface area contributed by atoms with Gasteiger partial charge in [0.1, 0.15) is 11.6 Å². The normalized spacial score (nSPS) is 13.7. The lowest BCUT2D eigenvalue weighted by Gasteiger charge is -2.12. The Labute approximate surface area is 138 Å². The summed E-state index contributed by atoms with van der Waals surface area (Å²) < 4.78 is 0. The van der Waals surface area contributed by atoms with Gasteiger partial charge in [-0.05, 0) is 31.0 Å². The number of fused-ring (bicyclic) bond motifs is 1. The highest BCUT2D eigenvalue weighted by atomic mass is 16.1. The highest BCUT2D eigenvalue weighted by Gasteiger charge is 2.23. The molecule has 120 valence electrons. The molecule has 3 aromatic heterocycles. The smallest absolute Gasteiger partial charge is 0.252 e. The Bertz CT molecular complexity index is 922. The van der Waals surface area contributed by atoms with E-state index in [-0.39, 0.29) is 0 Å². The van der Waals surface area contributed by atoms with Crippen LogP contribution in [0.1, 0.15) is 23.2 Å². The number of aromatic nitrogens is 3. The van der Waals surface area contributed by atoms with Gasteiger partial charge in [0.15, 0.2) is 0 Å². The molecular weight excluding hydrogens is 304 g/mol. The number of anilines is 3. The Hall–Kier alpha value is -3.22. The van der Waals surface area contributed by atoms with E-state index in [1.807, 2.05) is 18.2 Å². The number of nitrogens with one attached hydrogen (secondary N) is 2. The van der Waals surface area contributed by atoms with E-state index < -0.39 is 5.91 Å². The standard InChI is InChI=1S/C17H16N6O/c18-17(24)12-9-20-16(7-14(12)21-11-2-3-11)23-15-4-1-10-8-19-6-5-13(10)22-15/h1,4-9,11H,2-3H2,(H2,18,24)(H2,20,21,22,23). The van der Waals surface area contributed by atoms with Crippen LogP contribution in [0, 0.1) is 0 Å². The Morgan fingerprint density at radius 3 is 2.83 bits per heavy atom. The number of carbonyl (C=O) groups excluding carboxylic acids is 1. The molecule has 0 aliphatic heterocycles. The zero-order valence-electron chi connectivity index (χ0n) is 12.9. The molecular formula is C17H16N6O. The number of hydrogen-bond acceptors (Lipinski definition) is 6. The molecule has 0 atom stereocenters. The molecule has 0 saturated heterocycles. The molecule has 1 aliphatic carbocycles. The molecule has 1 aliphatic rings. The first-order valence-electron chi connectivity index (χ1n) is 7.73. The first-order valence-corrected chi connectivity index (χ1v) is 7.73. The minimum absolute atomic E-state index is 0.394. The zero-order valence-corrected chi connectivity index (χ0v) is 12.9. The van der Waals surface area contributed by atoms with Crippen LogP contribution < -0.4 is 16.4 Å². The van der Waals surface area contributed by atoms with Gasteiger partial charge < -0.3 is 16.4 Å². The Kier molecular flexibility index (Phi) is 3.45. The Morgan fingerprint density at radius 1 is 1.17 bits per heavy atom. The first-order chi connectivity index (χ1) is 11.7. The molecule has 0 bridgehead atoms. The van der Waals surface area contributed by atoms with Gasteiger partial charge in [0.2, 0.25) is 0 Å². The Balaban J connectivity index is 1.63. The largest absolute Gasteiger partial charge is 0.382 e. The van der Waals surface area contributed by atoms with Crippen LogP contribution in [0.2, 0.25) is 0 Å². The van der Waals surface area contributed by atoms with Crippen LogP contribution in [0.3, 0.4) is 0 Å². The van der Waals surface area contributed by atoms with Crippen LogP contribution in [0.15, 0.2) is 42.9 Å². The molecule has 7 nitrogen and oxygen atoms in total. The second-order valence-electron chi connectivity index (χ2n) is 5.79. The van der Waals surface area contributed by atoms with E-state index >= 15 is 0 Å². The molecule has 3 heterocycles. The SMILES string of the molecule is NC(=O)c1cnc(Nc2ccc3cnccc3n2)cc1NC1CC1. The summed E-state index contributed by atoms with van der Waals surface area (Å²) in [5.41, 5.74) is 7.36. The van der Waals surface area contributed by atoms with Gasteiger partial charge >= 0.3 is 0 Å². The zero-order chi connectivity index (χ0) is 16.5. The molecule has 0 unspecified atom stereocenters. The van der Waals surface area contributed by atoms with Crippen molar-refractivity contribution in [1.82, 2.24) is 15.0 Å². The van der Waals surface area contributed by atoms with Crippen molar-refractivity contribution < 1.29 is 4.79 Å². The summed E-state index contributed by atoms with van der Waals surface area (Å²) in [5.74, 6) is 0.781. The first kappa shape index (κ1) is 14.4. The summed E-state index contributed by atoms with van der Waals surface area (Å²) >= 11 is 0. The van der Waals surface area contributed by atoms with E-state index in [2.05, 4.69) is 25.6 Å². The fourth-order valence-electron chi connectivity index (χ4n) is 2.45. The monoisotopic (exact) mass is 320 g/mol. The molecule has 24 heavy (non-hydrogen) atoms. The third-order valence-electron chi connectivity index (χ3n) is 3.85. The summed E-state index contributed by atoms with van der Waals surface area (Å²) in [4.78, 5) is 24.4. The van der Waals surface area contributed by atoms with E-state index in [9.17, 15) is 4.79 Å². The van der Waals surface area contributed by atoms with Crippen molar-refractivity contribution >= 4 is 34.1 Å². The van der Waals surface area contributed by atoms with Crippen molar-refractivity contribution in [2.75, 3.05) is 10.6 Å². The van der Waals surface area contributed by atoms with E-state index in [1.165, 1.54) is 6.20 Å². The lowest BCUT2D eigenvalue weighted by Crippen LogP contribution is -2.16. The maximum absolute atomic E-state index is 11.5. The van der Waals surface area contributed by atoms with E-state index in [0.717, 1.165) is 23.7 Å². The third kappa shape index (κ3) is 2.96. The summed E-state index contributed by atoms with van der Waals surface area (Å²) in [6.45, 7) is 0. The lowest BCUT2D eigenvalue weighted by molar-refractivity contribution is 0.100. The minimum atomic E-state index is -0.492. The maximum Gasteiger partial charge on any atom is 0.252 e. The van der Waals surface area contributed by atoms with Gasteiger partial charge in [-0.2, -0.15) is 0 Å². The van der Waals surface area contributed by atoms with Crippen LogP contribution in [0.4, 0.5) is 17.3 Å². The van der Waals surface area contributed by atoms with Crippen molar-refractivity contribution in [3.8, 4) is 0 Å². The van der Waals surface area contributed by atoms with Gasteiger partial charge in [-0.1, -0.05) is 0 Å². The summed E-state index contributed by atoms with van der Waals surface area (Å²) in [6.07, 6.45) is 7.16. The van der Waals surface area contributed by atoms with Crippen molar-refractivity contribution in [3.05, 3.63) is 48.4 Å². The molecule has 0 spiro atoms. The molecule has 3 aromatic rings. The number of carbonyl (C=O) groups is 1. The summed E-state index contributed by atoms with van der Waals surface area (Å²) in [6, 6.07) is 7.85. The van der Waals surface area contributed by atoms with Gasteiger partial charge in [0.25, 0.3) is 5.91 Å². The number of primary amides is 1. The average molecular weight is 320 g/mol. The van der Waals surface area contributed by atoms with E-state index in [1.54, 1.807) is 18.5 Å². The fourth-order valence-corrected chi connectivity index (χ4v) is 2.45. The van der Waals surface area contributed by atoms with Crippen LogP contribution in [-0.4, -0.2) is 26.9 Å². The van der Waals surface area contributed by atoms with Crippen LogP contribution in [0.25, 0.3) is 10.9 Å². The van der Waals surface area contributed by atoms with Gasteiger partial charge in [0.05, 0.1) is 16.8 Å². The number of nitrogens with zero attached hydrogens (tertiary/aromatic N) is 3. The van der Waals surface area contributed by atoms with Crippen molar-refractivity contribution in [1.29, 1.82) is 0 Å². The predicted molar refractivity (Wildman–Crippen MR) is 92.2 cm³/mol. The van der Waals surface area contributed by atoms with Crippen LogP contribution in [-0.2, 0) is 0 Å². The van der Waals surface area contributed by atoms with Crippen molar-refractivity contribution in [2.45, 2.75) is 18.9 Å². The lowest BCUT2D eigenvalue weighted by atomic mass is 10.2. The molecule has 1 amide bonds. The molecule has 1 fully saturated rings. The maximum atomic E-state index is 11.5. The van der Waals surface area contributed by atoms with Gasteiger partial charge in [-0.15, -0.1) is 0 Å². The fraction of sp³-hybridized carbons (Fsp3) is 0.176. The second-order valence-corrected chi connectivity index (χ2v) is 5.79.